The highest BCUT2D eigenvalue weighted by atomic mass is 28.3. The fraction of sp³-hybridized carbons (Fsp3) is 1.00. The minimum Gasteiger partial charge on any atom is -0.0533 e. The van der Waals surface area contributed by atoms with Crippen molar-refractivity contribution in [3.8, 4) is 0 Å². The maximum atomic E-state index is 1.63. The smallest absolute Gasteiger partial charge is 0.0533 e. The Kier molecular flexibility index (Phi) is 3.71. The number of rotatable bonds is 3. The van der Waals surface area contributed by atoms with Crippen molar-refractivity contribution in [2.45, 2.75) is 93.7 Å². The van der Waals surface area contributed by atoms with Crippen LogP contribution in [0.1, 0.15) is 77.0 Å². The van der Waals surface area contributed by atoms with E-state index in [2.05, 4.69) is 0 Å². The third-order valence-corrected chi connectivity index (χ3v) is 10.0. The molecule has 0 nitrogen and oxygen atoms in total. The summed E-state index contributed by atoms with van der Waals surface area (Å²) in [5.74, 6) is 0. The first-order valence-electron chi connectivity index (χ1n) is 7.82. The molecule has 0 unspecified atom stereocenters. The lowest BCUT2D eigenvalue weighted by Crippen LogP contribution is -2.29. The topological polar surface area (TPSA) is 0 Å². The van der Waals surface area contributed by atoms with Gasteiger partial charge in [-0.2, -0.15) is 0 Å². The molecule has 0 aliphatic heterocycles. The zero-order valence-electron chi connectivity index (χ0n) is 10.7. The van der Waals surface area contributed by atoms with E-state index in [0.29, 0.717) is 0 Å². The molecule has 91 valence electrons. The van der Waals surface area contributed by atoms with Crippen LogP contribution in [0.25, 0.3) is 0 Å². The van der Waals surface area contributed by atoms with E-state index in [1.54, 1.807) is 77.0 Å². The van der Waals surface area contributed by atoms with Gasteiger partial charge in [0.25, 0.3) is 0 Å². The maximum absolute atomic E-state index is 1.63. The van der Waals surface area contributed by atoms with E-state index in [0.717, 1.165) is 0 Å². The lowest BCUT2D eigenvalue weighted by atomic mass is 10.3. The summed E-state index contributed by atoms with van der Waals surface area (Å²) < 4.78 is 0. The van der Waals surface area contributed by atoms with Crippen molar-refractivity contribution in [1.29, 1.82) is 0 Å². The average molecular weight is 235 g/mol. The molecule has 3 aliphatic rings. The largest absolute Gasteiger partial charge is 0.0578 e. The SMILES string of the molecule is C1CCC([Si](C2CCCC2)C2CCCC2)C1. The van der Waals surface area contributed by atoms with Gasteiger partial charge in [0.15, 0.2) is 0 Å². The molecule has 0 aromatic rings. The van der Waals surface area contributed by atoms with Crippen molar-refractivity contribution < 1.29 is 0 Å². The molecule has 3 aliphatic carbocycles. The molecule has 3 saturated carbocycles. The summed E-state index contributed by atoms with van der Waals surface area (Å²) in [4.78, 5) is 0. The molecule has 0 aromatic heterocycles. The summed E-state index contributed by atoms with van der Waals surface area (Å²) in [6.45, 7) is 0. The summed E-state index contributed by atoms with van der Waals surface area (Å²) >= 11 is 0. The number of hydrogen-bond acceptors (Lipinski definition) is 0. The Balaban J connectivity index is 1.70. The Bertz CT molecular complexity index is 169. The zero-order chi connectivity index (χ0) is 10.8. The zero-order valence-corrected chi connectivity index (χ0v) is 11.7. The van der Waals surface area contributed by atoms with Gasteiger partial charge in [0.1, 0.15) is 0 Å². The van der Waals surface area contributed by atoms with Gasteiger partial charge in [-0.15, -0.1) is 0 Å². The summed E-state index contributed by atoms with van der Waals surface area (Å²) in [5.41, 5.74) is 3.74. The molecule has 3 fully saturated rings. The normalized spacial score (nSPS) is 29.8. The van der Waals surface area contributed by atoms with Gasteiger partial charge in [0.2, 0.25) is 0 Å². The Morgan fingerprint density at radius 2 is 0.688 bits per heavy atom. The molecule has 0 bridgehead atoms. The highest BCUT2D eigenvalue weighted by Gasteiger charge is 2.40. The van der Waals surface area contributed by atoms with Gasteiger partial charge in [-0.25, -0.2) is 0 Å². The van der Waals surface area contributed by atoms with Crippen molar-refractivity contribution in [3.63, 3.8) is 0 Å². The van der Waals surface area contributed by atoms with Crippen LogP contribution in [-0.2, 0) is 0 Å². The van der Waals surface area contributed by atoms with Gasteiger partial charge in [-0.05, 0) is 16.6 Å². The van der Waals surface area contributed by atoms with E-state index >= 15 is 0 Å². The second-order valence-electron chi connectivity index (χ2n) is 6.44. The molecule has 0 atom stereocenters. The van der Waals surface area contributed by atoms with Crippen molar-refractivity contribution in [1.82, 2.24) is 0 Å². The molecule has 0 amide bonds. The average Bonchev–Trinajstić information content (AvgIpc) is 3.02. The van der Waals surface area contributed by atoms with Crippen LogP contribution in [0.2, 0.25) is 16.6 Å². The molecule has 0 N–H and O–H groups in total. The quantitative estimate of drug-likeness (QED) is 0.581. The second-order valence-corrected chi connectivity index (χ2v) is 9.89. The first-order chi connectivity index (χ1) is 7.95. The summed E-state index contributed by atoms with van der Waals surface area (Å²) in [6.07, 6.45) is 19.2. The minimum absolute atomic E-state index is 0.0224. The molecule has 0 aromatic carbocycles. The Hall–Kier alpha value is 0.217. The predicted octanol–water partition coefficient (Wildman–Crippen LogP) is 5.31. The van der Waals surface area contributed by atoms with E-state index in [1.807, 2.05) is 0 Å². The van der Waals surface area contributed by atoms with Crippen LogP contribution in [-0.4, -0.2) is 8.80 Å². The van der Waals surface area contributed by atoms with E-state index in [4.69, 9.17) is 0 Å². The first kappa shape index (κ1) is 11.3. The molecule has 0 spiro atoms. The van der Waals surface area contributed by atoms with E-state index in [-0.39, 0.29) is 8.80 Å². The predicted molar refractivity (Wildman–Crippen MR) is 72.4 cm³/mol. The summed E-state index contributed by atoms with van der Waals surface area (Å²) in [6, 6.07) is 0. The minimum atomic E-state index is 0.0224. The molecule has 1 radical (unpaired) electrons. The van der Waals surface area contributed by atoms with Gasteiger partial charge in [-0.3, -0.25) is 0 Å². The van der Waals surface area contributed by atoms with Gasteiger partial charge >= 0.3 is 0 Å². The maximum Gasteiger partial charge on any atom is 0.0578 e. The lowest BCUT2D eigenvalue weighted by Gasteiger charge is -2.32. The van der Waals surface area contributed by atoms with E-state index in [1.165, 1.54) is 16.6 Å². The summed E-state index contributed by atoms with van der Waals surface area (Å²) in [7, 11) is 0.0224. The Labute approximate surface area is 103 Å². The van der Waals surface area contributed by atoms with Gasteiger partial charge < -0.3 is 0 Å². The molecule has 0 saturated heterocycles. The van der Waals surface area contributed by atoms with Crippen LogP contribution in [0.3, 0.4) is 0 Å². The third-order valence-electron chi connectivity index (χ3n) is 5.48. The Morgan fingerprint density at radius 3 is 0.938 bits per heavy atom. The molecule has 3 rings (SSSR count). The fourth-order valence-corrected chi connectivity index (χ4v) is 10.0. The monoisotopic (exact) mass is 235 g/mol. The summed E-state index contributed by atoms with van der Waals surface area (Å²) in [5, 5.41) is 0. The van der Waals surface area contributed by atoms with Crippen molar-refractivity contribution in [2.75, 3.05) is 0 Å². The first-order valence-corrected chi connectivity index (χ1v) is 9.55. The molecular formula is C15H27Si. The number of hydrogen-bond donors (Lipinski definition) is 0. The van der Waals surface area contributed by atoms with Crippen LogP contribution in [0.4, 0.5) is 0 Å². The van der Waals surface area contributed by atoms with Crippen molar-refractivity contribution in [2.24, 2.45) is 0 Å². The van der Waals surface area contributed by atoms with Crippen LogP contribution >= 0.6 is 0 Å². The van der Waals surface area contributed by atoms with E-state index in [9.17, 15) is 0 Å². The van der Waals surface area contributed by atoms with Gasteiger partial charge in [0.05, 0.1) is 8.80 Å². The van der Waals surface area contributed by atoms with Crippen molar-refractivity contribution >= 4 is 8.80 Å². The van der Waals surface area contributed by atoms with E-state index < -0.39 is 0 Å². The molecular weight excluding hydrogens is 208 g/mol. The van der Waals surface area contributed by atoms with Gasteiger partial charge in [-0.1, -0.05) is 77.0 Å². The van der Waals surface area contributed by atoms with Crippen LogP contribution in [0.15, 0.2) is 0 Å². The van der Waals surface area contributed by atoms with Crippen LogP contribution in [0, 0.1) is 0 Å². The van der Waals surface area contributed by atoms with Crippen LogP contribution in [0.5, 0.6) is 0 Å². The Morgan fingerprint density at radius 1 is 0.438 bits per heavy atom. The standard InChI is InChI=1S/C15H27Si/c1-2-8-13(7-1)16(14-9-3-4-10-14)15-11-5-6-12-15/h13-15H,1-12H2. The molecule has 16 heavy (non-hydrogen) atoms. The lowest BCUT2D eigenvalue weighted by molar-refractivity contribution is 0.709. The third kappa shape index (κ3) is 2.25. The highest BCUT2D eigenvalue weighted by Crippen LogP contribution is 2.51. The second kappa shape index (κ2) is 5.24. The fourth-order valence-electron chi connectivity index (χ4n) is 4.78. The highest BCUT2D eigenvalue weighted by molar-refractivity contribution is 6.63. The molecule has 0 heterocycles. The van der Waals surface area contributed by atoms with Gasteiger partial charge in [0, 0.05) is 0 Å². The van der Waals surface area contributed by atoms with Crippen molar-refractivity contribution in [3.05, 3.63) is 0 Å². The van der Waals surface area contributed by atoms with Crippen LogP contribution < -0.4 is 0 Å². The molecule has 1 heteroatoms.